The summed E-state index contributed by atoms with van der Waals surface area (Å²) in [5.74, 6) is 0.199. The maximum atomic E-state index is 11.2. The van der Waals surface area contributed by atoms with Crippen LogP contribution >= 0.6 is 0 Å². The summed E-state index contributed by atoms with van der Waals surface area (Å²) in [5, 5.41) is 13.2. The lowest BCUT2D eigenvalue weighted by Crippen LogP contribution is -2.10. The minimum atomic E-state index is -1.05. The molecule has 6 nitrogen and oxygen atoms in total. The van der Waals surface area contributed by atoms with Crippen LogP contribution in [0.1, 0.15) is 16.1 Å². The highest BCUT2D eigenvalue weighted by Gasteiger charge is 2.29. The predicted octanol–water partition coefficient (Wildman–Crippen LogP) is 1.69. The maximum Gasteiger partial charge on any atom is 0.356 e. The number of hydrogen-bond acceptors (Lipinski definition) is 4. The van der Waals surface area contributed by atoms with E-state index in [0.29, 0.717) is 17.1 Å². The quantitative estimate of drug-likeness (QED) is 0.889. The number of carboxylic acids is 1. The standard InChI is InChI=1S/C13H12N2O4/c1-15-11-7-4-3-5-9(18-2)12(7)19-6-8(11)10(14-15)13(16)17/h3-5H,6H2,1-2H3,(H,16,17). The van der Waals surface area contributed by atoms with Crippen molar-refractivity contribution in [3.63, 3.8) is 0 Å². The molecule has 1 aliphatic heterocycles. The van der Waals surface area contributed by atoms with Gasteiger partial charge in [0.05, 0.1) is 18.4 Å². The summed E-state index contributed by atoms with van der Waals surface area (Å²) in [6.45, 7) is 0.179. The van der Waals surface area contributed by atoms with Gasteiger partial charge in [-0.2, -0.15) is 5.10 Å². The first-order chi connectivity index (χ1) is 9.13. The number of hydrogen-bond donors (Lipinski definition) is 1. The molecule has 0 spiro atoms. The third-order valence-corrected chi connectivity index (χ3v) is 3.16. The van der Waals surface area contributed by atoms with E-state index in [9.17, 15) is 4.79 Å². The van der Waals surface area contributed by atoms with E-state index in [0.717, 1.165) is 11.3 Å². The Bertz CT molecular complexity index is 676. The molecule has 2 heterocycles. The lowest BCUT2D eigenvalue weighted by atomic mass is 10.0. The largest absolute Gasteiger partial charge is 0.493 e. The molecule has 0 radical (unpaired) electrons. The van der Waals surface area contributed by atoms with Crippen LogP contribution in [0.4, 0.5) is 0 Å². The highest BCUT2D eigenvalue weighted by atomic mass is 16.5. The number of nitrogens with zero attached hydrogens (tertiary/aromatic N) is 2. The summed E-state index contributed by atoms with van der Waals surface area (Å²) < 4.78 is 12.5. The number of methoxy groups -OCH3 is 1. The number of rotatable bonds is 2. The molecule has 0 aliphatic carbocycles. The molecule has 1 aromatic carbocycles. The van der Waals surface area contributed by atoms with Crippen molar-refractivity contribution in [3.05, 3.63) is 29.5 Å². The van der Waals surface area contributed by atoms with Crippen LogP contribution < -0.4 is 9.47 Å². The molecule has 0 saturated heterocycles. The summed E-state index contributed by atoms with van der Waals surface area (Å²) in [5.41, 5.74) is 2.18. The third-order valence-electron chi connectivity index (χ3n) is 3.16. The summed E-state index contributed by atoms with van der Waals surface area (Å²) in [7, 11) is 3.29. The van der Waals surface area contributed by atoms with Crippen LogP contribution in [0.5, 0.6) is 11.5 Å². The van der Waals surface area contributed by atoms with E-state index in [1.807, 2.05) is 12.1 Å². The van der Waals surface area contributed by atoms with Crippen molar-refractivity contribution >= 4 is 5.97 Å². The molecule has 1 N–H and O–H groups in total. The van der Waals surface area contributed by atoms with Gasteiger partial charge in [0.15, 0.2) is 17.2 Å². The predicted molar refractivity (Wildman–Crippen MR) is 66.5 cm³/mol. The Balaban J connectivity index is 2.28. The number of ether oxygens (including phenoxy) is 2. The van der Waals surface area contributed by atoms with Crippen LogP contribution in [-0.2, 0) is 13.7 Å². The molecule has 19 heavy (non-hydrogen) atoms. The molecule has 3 rings (SSSR count). The van der Waals surface area contributed by atoms with Gasteiger partial charge in [-0.15, -0.1) is 0 Å². The van der Waals surface area contributed by atoms with Gasteiger partial charge in [0.2, 0.25) is 0 Å². The van der Waals surface area contributed by atoms with Gasteiger partial charge in [-0.3, -0.25) is 4.68 Å². The van der Waals surface area contributed by atoms with Gasteiger partial charge in [-0.05, 0) is 12.1 Å². The lowest BCUT2D eigenvalue weighted by molar-refractivity contribution is 0.0686. The molecule has 98 valence electrons. The first-order valence-corrected chi connectivity index (χ1v) is 5.72. The molecule has 0 fully saturated rings. The second-order valence-electron chi connectivity index (χ2n) is 4.23. The van der Waals surface area contributed by atoms with Crippen LogP contribution in [0.2, 0.25) is 0 Å². The molecule has 0 saturated carbocycles. The van der Waals surface area contributed by atoms with Crippen molar-refractivity contribution in [2.45, 2.75) is 6.61 Å². The van der Waals surface area contributed by atoms with E-state index < -0.39 is 5.97 Å². The summed E-state index contributed by atoms with van der Waals surface area (Å²) >= 11 is 0. The van der Waals surface area contributed by atoms with Gasteiger partial charge >= 0.3 is 5.97 Å². The fourth-order valence-electron chi connectivity index (χ4n) is 2.37. The van der Waals surface area contributed by atoms with Gasteiger partial charge in [0.1, 0.15) is 6.61 Å². The van der Waals surface area contributed by atoms with E-state index in [1.165, 1.54) is 0 Å². The van der Waals surface area contributed by atoms with Gasteiger partial charge < -0.3 is 14.6 Å². The van der Waals surface area contributed by atoms with Gasteiger partial charge in [0, 0.05) is 12.6 Å². The Kier molecular flexibility index (Phi) is 2.45. The van der Waals surface area contributed by atoms with Crippen molar-refractivity contribution in [2.75, 3.05) is 7.11 Å². The van der Waals surface area contributed by atoms with Crippen LogP contribution in [0.3, 0.4) is 0 Å². The van der Waals surface area contributed by atoms with Crippen molar-refractivity contribution in [1.82, 2.24) is 9.78 Å². The van der Waals surface area contributed by atoms with Crippen LogP contribution in [0.25, 0.3) is 11.3 Å². The first kappa shape index (κ1) is 11.6. The number of para-hydroxylation sites is 1. The normalized spacial score (nSPS) is 12.3. The molecule has 0 amide bonds. The lowest BCUT2D eigenvalue weighted by Gasteiger charge is -2.20. The van der Waals surface area contributed by atoms with E-state index in [1.54, 1.807) is 24.9 Å². The molecule has 0 atom stereocenters. The van der Waals surface area contributed by atoms with Crippen molar-refractivity contribution in [1.29, 1.82) is 0 Å². The van der Waals surface area contributed by atoms with E-state index in [2.05, 4.69) is 5.10 Å². The number of fused-ring (bicyclic) bond motifs is 3. The molecular formula is C13H12N2O4. The SMILES string of the molecule is COc1cccc2c1OCc1c(C(=O)O)nn(C)c1-2. The average molecular weight is 260 g/mol. The summed E-state index contributed by atoms with van der Waals surface area (Å²) in [6, 6.07) is 5.50. The zero-order valence-corrected chi connectivity index (χ0v) is 10.5. The Hall–Kier alpha value is -2.50. The zero-order chi connectivity index (χ0) is 13.6. The van der Waals surface area contributed by atoms with Crippen LogP contribution in [0.15, 0.2) is 18.2 Å². The second-order valence-corrected chi connectivity index (χ2v) is 4.23. The minimum Gasteiger partial charge on any atom is -0.493 e. The zero-order valence-electron chi connectivity index (χ0n) is 10.5. The fraction of sp³-hybridized carbons (Fsp3) is 0.231. The highest BCUT2D eigenvalue weighted by molar-refractivity contribution is 5.91. The van der Waals surface area contributed by atoms with Crippen LogP contribution in [0, 0.1) is 0 Å². The maximum absolute atomic E-state index is 11.2. The smallest absolute Gasteiger partial charge is 0.356 e. The van der Waals surface area contributed by atoms with E-state index >= 15 is 0 Å². The summed E-state index contributed by atoms with van der Waals surface area (Å²) in [4.78, 5) is 11.2. The van der Waals surface area contributed by atoms with Gasteiger partial charge in [-0.25, -0.2) is 4.79 Å². The Morgan fingerprint density at radius 3 is 3.00 bits per heavy atom. The van der Waals surface area contributed by atoms with Gasteiger partial charge in [-0.1, -0.05) is 6.07 Å². The first-order valence-electron chi connectivity index (χ1n) is 5.72. The molecule has 1 aromatic heterocycles. The summed E-state index contributed by atoms with van der Waals surface area (Å²) in [6.07, 6.45) is 0. The minimum absolute atomic E-state index is 0.0333. The Labute approximate surface area is 109 Å². The molecule has 6 heteroatoms. The monoisotopic (exact) mass is 260 g/mol. The number of carbonyl (C=O) groups is 1. The number of carboxylic acid groups (broad SMARTS) is 1. The third kappa shape index (κ3) is 1.56. The van der Waals surface area contributed by atoms with Crippen LogP contribution in [-0.4, -0.2) is 28.0 Å². The molecule has 2 aromatic rings. The van der Waals surface area contributed by atoms with Crippen molar-refractivity contribution in [3.8, 4) is 22.8 Å². The molecule has 0 unspecified atom stereocenters. The van der Waals surface area contributed by atoms with E-state index in [-0.39, 0.29) is 12.3 Å². The van der Waals surface area contributed by atoms with E-state index in [4.69, 9.17) is 14.6 Å². The number of benzene rings is 1. The average Bonchev–Trinajstić information content (AvgIpc) is 2.76. The second kappa shape index (κ2) is 4.01. The topological polar surface area (TPSA) is 73.6 Å². The molecular weight excluding hydrogens is 248 g/mol. The highest BCUT2D eigenvalue weighted by Crippen LogP contribution is 2.43. The molecule has 1 aliphatic rings. The Morgan fingerprint density at radius 1 is 1.53 bits per heavy atom. The Morgan fingerprint density at radius 2 is 2.32 bits per heavy atom. The van der Waals surface area contributed by atoms with Crippen molar-refractivity contribution in [2.24, 2.45) is 7.05 Å². The van der Waals surface area contributed by atoms with Crippen molar-refractivity contribution < 1.29 is 19.4 Å². The number of aromatic nitrogens is 2. The number of aromatic carboxylic acids is 1. The fourth-order valence-corrected chi connectivity index (χ4v) is 2.37. The van der Waals surface area contributed by atoms with Gasteiger partial charge in [0.25, 0.3) is 0 Å². The number of aryl methyl sites for hydroxylation is 1. The molecule has 0 bridgehead atoms.